The molecule has 0 aliphatic heterocycles. The fourth-order valence-corrected chi connectivity index (χ4v) is 2.57. The lowest BCUT2D eigenvalue weighted by Crippen LogP contribution is -2.04. The van der Waals surface area contributed by atoms with E-state index in [1.54, 1.807) is 36.4 Å². The Bertz CT molecular complexity index is 617. The average molecular weight is 334 g/mol. The van der Waals surface area contributed by atoms with Crippen molar-refractivity contribution in [3.63, 3.8) is 0 Å². The Morgan fingerprint density at radius 1 is 0.842 bits per heavy atom. The van der Waals surface area contributed by atoms with Crippen LogP contribution >= 0.6 is 46.4 Å². The van der Waals surface area contributed by atoms with Crippen molar-refractivity contribution in [2.24, 2.45) is 0 Å². The SMILES string of the molecule is O=C(Cc1cc(Cl)ccc1Cl)c1cc(Cl)cc(Cl)c1. The Hall–Kier alpha value is -0.730. The molecule has 0 aromatic heterocycles. The Balaban J connectivity index is 2.28. The van der Waals surface area contributed by atoms with Gasteiger partial charge in [0.05, 0.1) is 0 Å². The van der Waals surface area contributed by atoms with Gasteiger partial charge in [-0.15, -0.1) is 0 Å². The number of ketones is 1. The quantitative estimate of drug-likeness (QED) is 0.656. The minimum Gasteiger partial charge on any atom is -0.294 e. The number of hydrogen-bond acceptors (Lipinski definition) is 1. The fourth-order valence-electron chi connectivity index (χ4n) is 1.67. The molecule has 2 rings (SSSR count). The average Bonchev–Trinajstić information content (AvgIpc) is 2.32. The van der Waals surface area contributed by atoms with Gasteiger partial charge in [-0.1, -0.05) is 46.4 Å². The topological polar surface area (TPSA) is 17.1 Å². The summed E-state index contributed by atoms with van der Waals surface area (Å²) in [6.45, 7) is 0. The third-order valence-electron chi connectivity index (χ3n) is 2.54. The Morgan fingerprint density at radius 2 is 1.47 bits per heavy atom. The predicted molar refractivity (Wildman–Crippen MR) is 81.0 cm³/mol. The van der Waals surface area contributed by atoms with Gasteiger partial charge in [-0.05, 0) is 42.0 Å². The van der Waals surface area contributed by atoms with Crippen LogP contribution in [-0.4, -0.2) is 5.78 Å². The highest BCUT2D eigenvalue weighted by Crippen LogP contribution is 2.24. The van der Waals surface area contributed by atoms with Gasteiger partial charge in [-0.3, -0.25) is 4.79 Å². The molecule has 0 radical (unpaired) electrons. The fraction of sp³-hybridized carbons (Fsp3) is 0.0714. The maximum atomic E-state index is 12.2. The van der Waals surface area contributed by atoms with Gasteiger partial charge in [0.1, 0.15) is 0 Å². The molecule has 1 nitrogen and oxygen atoms in total. The zero-order valence-electron chi connectivity index (χ0n) is 9.59. The lowest BCUT2D eigenvalue weighted by molar-refractivity contribution is 0.0993. The van der Waals surface area contributed by atoms with Crippen LogP contribution in [-0.2, 0) is 6.42 Å². The second-order valence-electron chi connectivity index (χ2n) is 3.99. The number of rotatable bonds is 3. The molecule has 0 amide bonds. The van der Waals surface area contributed by atoms with Gasteiger partial charge in [-0.2, -0.15) is 0 Å². The molecule has 0 fully saturated rings. The minimum atomic E-state index is -0.117. The van der Waals surface area contributed by atoms with E-state index >= 15 is 0 Å². The van der Waals surface area contributed by atoms with E-state index in [2.05, 4.69) is 0 Å². The van der Waals surface area contributed by atoms with E-state index in [9.17, 15) is 4.79 Å². The third-order valence-corrected chi connectivity index (χ3v) is 3.58. The number of hydrogen-bond donors (Lipinski definition) is 0. The third kappa shape index (κ3) is 3.87. The van der Waals surface area contributed by atoms with Gasteiger partial charge < -0.3 is 0 Å². The molecular weight excluding hydrogens is 326 g/mol. The van der Waals surface area contributed by atoms with Gasteiger partial charge in [0.25, 0.3) is 0 Å². The first kappa shape index (κ1) is 14.7. The molecule has 0 unspecified atom stereocenters. The van der Waals surface area contributed by atoms with Crippen molar-refractivity contribution >= 4 is 52.2 Å². The van der Waals surface area contributed by atoms with Crippen molar-refractivity contribution in [1.82, 2.24) is 0 Å². The molecule has 2 aromatic carbocycles. The van der Waals surface area contributed by atoms with E-state index in [-0.39, 0.29) is 12.2 Å². The Morgan fingerprint density at radius 3 is 2.11 bits per heavy atom. The Labute approximate surface area is 131 Å². The molecule has 0 heterocycles. The van der Waals surface area contributed by atoms with Gasteiger partial charge in [0.15, 0.2) is 5.78 Å². The van der Waals surface area contributed by atoms with E-state index < -0.39 is 0 Å². The first-order valence-electron chi connectivity index (χ1n) is 5.39. The maximum absolute atomic E-state index is 12.2. The molecule has 0 spiro atoms. The molecule has 2 aromatic rings. The summed E-state index contributed by atoms with van der Waals surface area (Å²) in [6.07, 6.45) is 0.149. The van der Waals surface area contributed by atoms with Crippen LogP contribution in [0.3, 0.4) is 0 Å². The molecule has 0 saturated heterocycles. The van der Waals surface area contributed by atoms with Crippen LogP contribution in [0.2, 0.25) is 20.1 Å². The van der Waals surface area contributed by atoms with Crippen LogP contribution < -0.4 is 0 Å². The number of Topliss-reactive ketones (excluding diaryl/α,β-unsaturated/α-hetero) is 1. The number of benzene rings is 2. The highest BCUT2D eigenvalue weighted by molar-refractivity contribution is 6.35. The van der Waals surface area contributed by atoms with Gasteiger partial charge >= 0.3 is 0 Å². The van der Waals surface area contributed by atoms with Gasteiger partial charge in [0, 0.05) is 32.1 Å². The molecule has 0 bridgehead atoms. The molecular formula is C14H8Cl4O. The number of halogens is 4. The zero-order chi connectivity index (χ0) is 14.0. The monoisotopic (exact) mass is 332 g/mol. The normalized spacial score (nSPS) is 10.5. The summed E-state index contributed by atoms with van der Waals surface area (Å²) in [7, 11) is 0. The van der Waals surface area contributed by atoms with Crippen molar-refractivity contribution in [2.75, 3.05) is 0 Å². The van der Waals surface area contributed by atoms with Crippen LogP contribution in [0.25, 0.3) is 0 Å². The lowest BCUT2D eigenvalue weighted by Gasteiger charge is -2.05. The molecule has 0 N–H and O–H groups in total. The van der Waals surface area contributed by atoms with E-state index in [1.165, 1.54) is 0 Å². The summed E-state index contributed by atoms with van der Waals surface area (Å²) >= 11 is 23.7. The van der Waals surface area contributed by atoms with E-state index in [1.807, 2.05) is 0 Å². The van der Waals surface area contributed by atoms with Crippen LogP contribution in [0.15, 0.2) is 36.4 Å². The molecule has 98 valence electrons. The van der Waals surface area contributed by atoms with E-state index in [4.69, 9.17) is 46.4 Å². The van der Waals surface area contributed by atoms with Gasteiger partial charge in [-0.25, -0.2) is 0 Å². The molecule has 0 aliphatic rings. The van der Waals surface area contributed by atoms with E-state index in [0.29, 0.717) is 31.2 Å². The van der Waals surface area contributed by atoms with Gasteiger partial charge in [0.2, 0.25) is 0 Å². The first-order chi connectivity index (χ1) is 8.95. The summed E-state index contributed by atoms with van der Waals surface area (Å²) in [6, 6.07) is 9.74. The smallest absolute Gasteiger partial charge is 0.167 e. The summed E-state index contributed by atoms with van der Waals surface area (Å²) in [5.74, 6) is -0.117. The summed E-state index contributed by atoms with van der Waals surface area (Å²) in [4.78, 5) is 12.2. The molecule has 19 heavy (non-hydrogen) atoms. The minimum absolute atomic E-state index is 0.117. The zero-order valence-corrected chi connectivity index (χ0v) is 12.6. The largest absolute Gasteiger partial charge is 0.294 e. The van der Waals surface area contributed by atoms with Crippen LogP contribution in [0.4, 0.5) is 0 Å². The van der Waals surface area contributed by atoms with Crippen molar-refractivity contribution < 1.29 is 4.79 Å². The number of carbonyl (C=O) groups excluding carboxylic acids is 1. The van der Waals surface area contributed by atoms with Crippen LogP contribution in [0.1, 0.15) is 15.9 Å². The predicted octanol–water partition coefficient (Wildman–Crippen LogP) is 5.73. The first-order valence-corrected chi connectivity index (χ1v) is 6.90. The van der Waals surface area contributed by atoms with Crippen LogP contribution in [0, 0.1) is 0 Å². The van der Waals surface area contributed by atoms with Crippen LogP contribution in [0.5, 0.6) is 0 Å². The molecule has 0 atom stereocenters. The summed E-state index contributed by atoms with van der Waals surface area (Å²) < 4.78 is 0. The molecule has 0 saturated carbocycles. The van der Waals surface area contributed by atoms with Crippen molar-refractivity contribution in [3.05, 3.63) is 67.6 Å². The van der Waals surface area contributed by atoms with Crippen molar-refractivity contribution in [3.8, 4) is 0 Å². The highest BCUT2D eigenvalue weighted by Gasteiger charge is 2.11. The lowest BCUT2D eigenvalue weighted by atomic mass is 10.0. The van der Waals surface area contributed by atoms with Crippen molar-refractivity contribution in [1.29, 1.82) is 0 Å². The standard InChI is InChI=1S/C14H8Cl4O/c15-10-1-2-13(18)8(3-10)6-14(19)9-4-11(16)7-12(17)5-9/h1-5,7H,6H2. The Kier molecular flexibility index (Phi) is 4.75. The molecule has 0 aliphatic carbocycles. The van der Waals surface area contributed by atoms with Crippen molar-refractivity contribution in [2.45, 2.75) is 6.42 Å². The second-order valence-corrected chi connectivity index (χ2v) is 5.71. The van der Waals surface area contributed by atoms with E-state index in [0.717, 1.165) is 0 Å². The number of carbonyl (C=O) groups is 1. The summed E-state index contributed by atoms with van der Waals surface area (Å²) in [5, 5.41) is 1.89. The second kappa shape index (κ2) is 6.15. The highest BCUT2D eigenvalue weighted by atomic mass is 35.5. The maximum Gasteiger partial charge on any atom is 0.167 e. The molecule has 5 heteroatoms. The summed E-state index contributed by atoms with van der Waals surface area (Å²) in [5.41, 5.74) is 1.13.